The fourth-order valence-corrected chi connectivity index (χ4v) is 3.83. The van der Waals surface area contributed by atoms with Gasteiger partial charge in [-0.25, -0.2) is 0 Å². The maximum atomic E-state index is 11.3. The SMILES string of the molecule is C#C.CCCN(C)c1ccc(-c2cccc(COc3ccc(CCC(=O)OC)cc3)c2)cc1C. The van der Waals surface area contributed by atoms with Gasteiger partial charge in [0, 0.05) is 25.7 Å². The number of methoxy groups -OCH3 is 1. The number of nitrogens with zero attached hydrogens (tertiary/aromatic N) is 1. The lowest BCUT2D eigenvalue weighted by atomic mass is 10.0. The molecular weight excluding hydrogens is 422 g/mol. The number of carbonyl (C=O) groups is 1. The predicted octanol–water partition coefficient (Wildman–Crippen LogP) is 6.44. The average Bonchev–Trinajstić information content (AvgIpc) is 2.88. The number of esters is 1. The van der Waals surface area contributed by atoms with Crippen LogP contribution in [-0.4, -0.2) is 26.7 Å². The molecule has 0 bridgehead atoms. The van der Waals surface area contributed by atoms with Crippen LogP contribution >= 0.6 is 0 Å². The van der Waals surface area contributed by atoms with Crippen molar-refractivity contribution in [1.29, 1.82) is 0 Å². The molecule has 3 rings (SSSR count). The Morgan fingerprint density at radius 3 is 2.29 bits per heavy atom. The number of hydrogen-bond acceptors (Lipinski definition) is 4. The van der Waals surface area contributed by atoms with Crippen LogP contribution in [0.25, 0.3) is 11.1 Å². The van der Waals surface area contributed by atoms with E-state index in [2.05, 4.69) is 81.1 Å². The first-order valence-electron chi connectivity index (χ1n) is 11.5. The smallest absolute Gasteiger partial charge is 0.305 e. The number of terminal acetylenes is 1. The molecule has 0 unspecified atom stereocenters. The molecule has 0 amide bonds. The molecule has 0 aliphatic heterocycles. The summed E-state index contributed by atoms with van der Waals surface area (Å²) in [5.74, 6) is 0.624. The number of aryl methyl sites for hydroxylation is 2. The lowest BCUT2D eigenvalue weighted by Gasteiger charge is -2.21. The van der Waals surface area contributed by atoms with Gasteiger partial charge in [-0.2, -0.15) is 0 Å². The molecule has 0 aliphatic rings. The van der Waals surface area contributed by atoms with Gasteiger partial charge in [0.2, 0.25) is 0 Å². The van der Waals surface area contributed by atoms with Crippen LogP contribution in [0.5, 0.6) is 5.75 Å². The summed E-state index contributed by atoms with van der Waals surface area (Å²) in [4.78, 5) is 13.6. The quantitative estimate of drug-likeness (QED) is 0.259. The number of rotatable bonds is 10. The Labute approximate surface area is 204 Å². The van der Waals surface area contributed by atoms with E-state index >= 15 is 0 Å². The molecule has 0 aromatic heterocycles. The maximum absolute atomic E-state index is 11.3. The Morgan fingerprint density at radius 1 is 0.941 bits per heavy atom. The number of hydrogen-bond donors (Lipinski definition) is 0. The highest BCUT2D eigenvalue weighted by Gasteiger charge is 2.07. The molecule has 34 heavy (non-hydrogen) atoms. The molecule has 4 nitrogen and oxygen atoms in total. The lowest BCUT2D eigenvalue weighted by molar-refractivity contribution is -0.140. The highest BCUT2D eigenvalue weighted by molar-refractivity contribution is 5.70. The molecule has 3 aromatic rings. The van der Waals surface area contributed by atoms with E-state index in [4.69, 9.17) is 9.47 Å². The van der Waals surface area contributed by atoms with E-state index in [0.717, 1.165) is 29.8 Å². The van der Waals surface area contributed by atoms with Crippen molar-refractivity contribution in [3.05, 3.63) is 83.4 Å². The second kappa shape index (κ2) is 13.7. The molecule has 0 spiro atoms. The molecule has 0 atom stereocenters. The second-order valence-corrected chi connectivity index (χ2v) is 8.13. The van der Waals surface area contributed by atoms with Crippen LogP contribution < -0.4 is 9.64 Å². The minimum atomic E-state index is -0.192. The van der Waals surface area contributed by atoms with Crippen molar-refractivity contribution in [2.75, 3.05) is 25.6 Å². The van der Waals surface area contributed by atoms with Crippen molar-refractivity contribution in [3.63, 3.8) is 0 Å². The van der Waals surface area contributed by atoms with E-state index in [0.29, 0.717) is 19.4 Å². The fraction of sp³-hybridized carbons (Fsp3) is 0.300. The number of benzene rings is 3. The zero-order chi connectivity index (χ0) is 24.9. The van der Waals surface area contributed by atoms with Crippen LogP contribution in [0.4, 0.5) is 5.69 Å². The van der Waals surface area contributed by atoms with Crippen molar-refractivity contribution < 1.29 is 14.3 Å². The van der Waals surface area contributed by atoms with Crippen molar-refractivity contribution >= 4 is 11.7 Å². The molecule has 3 aromatic carbocycles. The molecule has 4 heteroatoms. The zero-order valence-corrected chi connectivity index (χ0v) is 20.7. The summed E-state index contributed by atoms with van der Waals surface area (Å²) in [5.41, 5.74) is 7.19. The number of anilines is 1. The van der Waals surface area contributed by atoms with Gasteiger partial charge in [-0.15, -0.1) is 12.8 Å². The van der Waals surface area contributed by atoms with E-state index in [1.807, 2.05) is 24.3 Å². The van der Waals surface area contributed by atoms with Crippen molar-refractivity contribution in [3.8, 4) is 29.7 Å². The van der Waals surface area contributed by atoms with Crippen LogP contribution in [0.3, 0.4) is 0 Å². The van der Waals surface area contributed by atoms with Gasteiger partial charge in [0.15, 0.2) is 0 Å². The first-order chi connectivity index (χ1) is 16.5. The van der Waals surface area contributed by atoms with E-state index in [-0.39, 0.29) is 5.97 Å². The second-order valence-electron chi connectivity index (χ2n) is 8.13. The summed E-state index contributed by atoms with van der Waals surface area (Å²) in [6.07, 6.45) is 10.2. The molecule has 178 valence electrons. The van der Waals surface area contributed by atoms with Gasteiger partial charge in [-0.05, 0) is 77.9 Å². The van der Waals surface area contributed by atoms with Gasteiger partial charge in [-0.3, -0.25) is 4.79 Å². The third-order valence-corrected chi connectivity index (χ3v) is 5.60. The fourth-order valence-electron chi connectivity index (χ4n) is 3.83. The van der Waals surface area contributed by atoms with Crippen molar-refractivity contribution in [2.24, 2.45) is 0 Å². The Balaban J connectivity index is 0.00000199. The molecule has 0 fully saturated rings. The van der Waals surface area contributed by atoms with Crippen LogP contribution in [0, 0.1) is 19.8 Å². The predicted molar refractivity (Wildman–Crippen MR) is 141 cm³/mol. The van der Waals surface area contributed by atoms with Gasteiger partial charge >= 0.3 is 5.97 Å². The molecular formula is C30H35NO3. The third kappa shape index (κ3) is 7.71. The number of carbonyl (C=O) groups excluding carboxylic acids is 1. The first-order valence-corrected chi connectivity index (χ1v) is 11.5. The topological polar surface area (TPSA) is 38.8 Å². The summed E-state index contributed by atoms with van der Waals surface area (Å²) in [5, 5.41) is 0. The van der Waals surface area contributed by atoms with E-state index in [9.17, 15) is 4.79 Å². The minimum absolute atomic E-state index is 0.192. The highest BCUT2D eigenvalue weighted by atomic mass is 16.5. The molecule has 0 N–H and O–H groups in total. The zero-order valence-electron chi connectivity index (χ0n) is 20.7. The van der Waals surface area contributed by atoms with Gasteiger partial charge < -0.3 is 14.4 Å². The van der Waals surface area contributed by atoms with Gasteiger partial charge in [-0.1, -0.05) is 43.3 Å². The Bertz CT molecular complexity index is 1070. The van der Waals surface area contributed by atoms with Crippen molar-refractivity contribution in [2.45, 2.75) is 39.7 Å². The largest absolute Gasteiger partial charge is 0.489 e. The summed E-state index contributed by atoms with van der Waals surface area (Å²) in [7, 11) is 3.56. The molecule has 0 saturated carbocycles. The minimum Gasteiger partial charge on any atom is -0.489 e. The van der Waals surface area contributed by atoms with Crippen LogP contribution in [0.2, 0.25) is 0 Å². The first kappa shape index (κ1) is 26.5. The van der Waals surface area contributed by atoms with Crippen LogP contribution in [-0.2, 0) is 22.6 Å². The summed E-state index contributed by atoms with van der Waals surface area (Å²) in [6.45, 7) is 5.94. The van der Waals surface area contributed by atoms with Gasteiger partial charge in [0.05, 0.1) is 7.11 Å². The van der Waals surface area contributed by atoms with Gasteiger partial charge in [0.25, 0.3) is 0 Å². The van der Waals surface area contributed by atoms with E-state index in [1.165, 1.54) is 29.5 Å². The normalized spacial score (nSPS) is 10.1. The maximum Gasteiger partial charge on any atom is 0.305 e. The Hall–Kier alpha value is -3.71. The molecule has 0 aliphatic carbocycles. The van der Waals surface area contributed by atoms with E-state index in [1.54, 1.807) is 0 Å². The lowest BCUT2D eigenvalue weighted by Crippen LogP contribution is -2.18. The Kier molecular flexibility index (Phi) is 10.7. The molecule has 0 heterocycles. The number of ether oxygens (including phenoxy) is 2. The average molecular weight is 458 g/mol. The summed E-state index contributed by atoms with van der Waals surface area (Å²) in [6, 6.07) is 23.1. The van der Waals surface area contributed by atoms with Crippen molar-refractivity contribution in [1.82, 2.24) is 0 Å². The summed E-state index contributed by atoms with van der Waals surface area (Å²) >= 11 is 0. The third-order valence-electron chi connectivity index (χ3n) is 5.60. The summed E-state index contributed by atoms with van der Waals surface area (Å²) < 4.78 is 10.7. The Morgan fingerprint density at radius 2 is 1.65 bits per heavy atom. The molecule has 0 radical (unpaired) electrons. The van der Waals surface area contributed by atoms with Crippen LogP contribution in [0.15, 0.2) is 66.7 Å². The van der Waals surface area contributed by atoms with Crippen LogP contribution in [0.1, 0.15) is 36.5 Å². The van der Waals surface area contributed by atoms with Gasteiger partial charge in [0.1, 0.15) is 12.4 Å². The molecule has 0 saturated heterocycles. The monoisotopic (exact) mass is 457 g/mol. The highest BCUT2D eigenvalue weighted by Crippen LogP contribution is 2.27. The standard InChI is InChI=1S/C28H33NO3.C2H2/c1-5-17-29(3)27-15-12-25(18-21(27)2)24-8-6-7-23(19-24)20-32-26-13-9-22(10-14-26)11-16-28(30)31-4;1-2/h6-10,12-15,18-19H,5,11,16-17,20H2,1-4H3;1-2H. The van der Waals surface area contributed by atoms with E-state index < -0.39 is 0 Å².